The molecule has 1 aromatic heterocycles. The molecule has 20 heavy (non-hydrogen) atoms. The summed E-state index contributed by atoms with van der Waals surface area (Å²) in [4.78, 5) is 21.7. The Morgan fingerprint density at radius 3 is 2.75 bits per heavy atom. The molecule has 0 unspecified atom stereocenters. The largest absolute Gasteiger partial charge is 0.476 e. The van der Waals surface area contributed by atoms with Crippen molar-refractivity contribution in [3.05, 3.63) is 17.5 Å². The van der Waals surface area contributed by atoms with Gasteiger partial charge in [0, 0.05) is 25.4 Å². The van der Waals surface area contributed by atoms with Crippen LogP contribution in [-0.2, 0) is 4.79 Å². The van der Waals surface area contributed by atoms with Gasteiger partial charge in [-0.1, -0.05) is 32.4 Å². The Kier molecular flexibility index (Phi) is 4.48. The van der Waals surface area contributed by atoms with Crippen molar-refractivity contribution in [2.75, 3.05) is 19.7 Å². The lowest BCUT2D eigenvalue weighted by atomic mass is 9.90. The summed E-state index contributed by atoms with van der Waals surface area (Å²) in [5, 5.41) is 0.318. The lowest BCUT2D eigenvalue weighted by Crippen LogP contribution is -2.52. The molecule has 1 amide bonds. The van der Waals surface area contributed by atoms with Crippen molar-refractivity contribution < 1.29 is 9.53 Å². The van der Waals surface area contributed by atoms with E-state index in [1.165, 1.54) is 12.4 Å². The smallest absolute Gasteiger partial charge is 0.233 e. The van der Waals surface area contributed by atoms with E-state index >= 15 is 0 Å². The Morgan fingerprint density at radius 2 is 2.15 bits per heavy atom. The average Bonchev–Trinajstić information content (AvgIpc) is 2.24. The first-order valence-electron chi connectivity index (χ1n) is 6.71. The standard InChI is InChI=1S/C14H20ClN3O2/c1-14(2,3)4-13(19)18-7-10(8-18)9-20-12-6-16-5-11(15)17-12/h5-6,10H,4,7-9H2,1-3H3. The SMILES string of the molecule is CC(C)(C)CC(=O)N1CC(COc2cncc(Cl)n2)C1. The van der Waals surface area contributed by atoms with Gasteiger partial charge in [0.05, 0.1) is 19.0 Å². The van der Waals surface area contributed by atoms with E-state index in [0.29, 0.717) is 30.0 Å². The number of hydrogen-bond donors (Lipinski definition) is 0. The van der Waals surface area contributed by atoms with Gasteiger partial charge in [-0.25, -0.2) is 0 Å². The zero-order valence-corrected chi connectivity index (χ0v) is 12.9. The topological polar surface area (TPSA) is 55.3 Å². The van der Waals surface area contributed by atoms with E-state index in [1.54, 1.807) is 0 Å². The van der Waals surface area contributed by atoms with Gasteiger partial charge >= 0.3 is 0 Å². The zero-order valence-electron chi connectivity index (χ0n) is 12.1. The summed E-state index contributed by atoms with van der Waals surface area (Å²) in [7, 11) is 0. The molecule has 2 rings (SSSR count). The molecule has 0 aliphatic carbocycles. The van der Waals surface area contributed by atoms with Crippen LogP contribution in [0.25, 0.3) is 0 Å². The Morgan fingerprint density at radius 1 is 1.45 bits per heavy atom. The zero-order chi connectivity index (χ0) is 14.8. The molecule has 1 fully saturated rings. The first-order chi connectivity index (χ1) is 9.33. The van der Waals surface area contributed by atoms with Crippen LogP contribution in [0.3, 0.4) is 0 Å². The number of carbonyl (C=O) groups is 1. The lowest BCUT2D eigenvalue weighted by molar-refractivity contribution is -0.140. The molecule has 5 nitrogen and oxygen atoms in total. The van der Waals surface area contributed by atoms with E-state index in [2.05, 4.69) is 30.7 Å². The van der Waals surface area contributed by atoms with Gasteiger partial charge < -0.3 is 9.64 Å². The molecule has 2 heterocycles. The molecule has 110 valence electrons. The van der Waals surface area contributed by atoms with Gasteiger partial charge in [0.15, 0.2) is 5.15 Å². The molecule has 6 heteroatoms. The van der Waals surface area contributed by atoms with Gasteiger partial charge in [-0.15, -0.1) is 0 Å². The fourth-order valence-corrected chi connectivity index (χ4v) is 2.18. The maximum Gasteiger partial charge on any atom is 0.233 e. The Labute approximate surface area is 124 Å². The number of amides is 1. The summed E-state index contributed by atoms with van der Waals surface area (Å²) in [6, 6.07) is 0. The molecule has 1 aliphatic heterocycles. The number of halogens is 1. The molecule has 0 saturated carbocycles. The van der Waals surface area contributed by atoms with Crippen LogP contribution in [0.15, 0.2) is 12.4 Å². The van der Waals surface area contributed by atoms with Gasteiger partial charge in [-0.2, -0.15) is 4.98 Å². The highest BCUT2D eigenvalue weighted by molar-refractivity contribution is 6.29. The quantitative estimate of drug-likeness (QED) is 0.856. The van der Waals surface area contributed by atoms with Gasteiger partial charge in [-0.3, -0.25) is 9.78 Å². The molecule has 0 radical (unpaired) electrons. The van der Waals surface area contributed by atoms with Crippen molar-refractivity contribution in [3.8, 4) is 5.88 Å². The fraction of sp³-hybridized carbons (Fsp3) is 0.643. The van der Waals surface area contributed by atoms with Gasteiger partial charge in [0.1, 0.15) is 0 Å². The maximum absolute atomic E-state index is 12.0. The third-order valence-electron chi connectivity index (χ3n) is 3.04. The van der Waals surface area contributed by atoms with E-state index in [9.17, 15) is 4.79 Å². The number of ether oxygens (including phenoxy) is 1. The van der Waals surface area contributed by atoms with E-state index < -0.39 is 0 Å². The second-order valence-electron chi connectivity index (χ2n) is 6.39. The van der Waals surface area contributed by atoms with E-state index in [0.717, 1.165) is 13.1 Å². The summed E-state index contributed by atoms with van der Waals surface area (Å²) in [6.45, 7) is 8.26. The Hall–Kier alpha value is -1.36. The van der Waals surface area contributed by atoms with Crippen molar-refractivity contribution in [1.82, 2.24) is 14.9 Å². The fourth-order valence-electron chi connectivity index (χ4n) is 2.04. The van der Waals surface area contributed by atoms with Crippen molar-refractivity contribution in [2.45, 2.75) is 27.2 Å². The molecule has 0 N–H and O–H groups in total. The van der Waals surface area contributed by atoms with Gasteiger partial charge in [0.2, 0.25) is 11.8 Å². The van der Waals surface area contributed by atoms with Gasteiger partial charge in [0.25, 0.3) is 0 Å². The van der Waals surface area contributed by atoms with Crippen LogP contribution in [0.2, 0.25) is 5.15 Å². The number of aromatic nitrogens is 2. The molecule has 1 aliphatic rings. The first kappa shape index (κ1) is 15.0. The van der Waals surface area contributed by atoms with Crippen LogP contribution in [0.1, 0.15) is 27.2 Å². The Balaban J connectivity index is 1.71. The molecule has 1 saturated heterocycles. The van der Waals surface area contributed by atoms with Crippen LogP contribution >= 0.6 is 11.6 Å². The van der Waals surface area contributed by atoms with Crippen molar-refractivity contribution in [3.63, 3.8) is 0 Å². The molecular weight excluding hydrogens is 278 g/mol. The minimum atomic E-state index is 0.0368. The predicted octanol–water partition coefficient (Wildman–Crippen LogP) is 2.40. The highest BCUT2D eigenvalue weighted by Crippen LogP contribution is 2.24. The summed E-state index contributed by atoms with van der Waals surface area (Å²) in [5.74, 6) is 1.01. The minimum Gasteiger partial charge on any atom is -0.476 e. The highest BCUT2D eigenvalue weighted by atomic mass is 35.5. The van der Waals surface area contributed by atoms with Crippen LogP contribution in [0, 0.1) is 11.3 Å². The minimum absolute atomic E-state index is 0.0368. The summed E-state index contributed by atoms with van der Waals surface area (Å²) in [6.07, 6.45) is 3.58. The van der Waals surface area contributed by atoms with Crippen molar-refractivity contribution in [1.29, 1.82) is 0 Å². The predicted molar refractivity (Wildman–Crippen MR) is 76.7 cm³/mol. The number of rotatable bonds is 4. The second-order valence-corrected chi connectivity index (χ2v) is 6.78. The summed E-state index contributed by atoms with van der Waals surface area (Å²) >= 11 is 5.73. The molecule has 1 aromatic rings. The number of nitrogens with zero attached hydrogens (tertiary/aromatic N) is 3. The average molecular weight is 298 g/mol. The van der Waals surface area contributed by atoms with Gasteiger partial charge in [-0.05, 0) is 5.41 Å². The molecule has 0 atom stereocenters. The lowest BCUT2D eigenvalue weighted by Gasteiger charge is -2.40. The third-order valence-corrected chi connectivity index (χ3v) is 3.22. The van der Waals surface area contributed by atoms with E-state index in [4.69, 9.17) is 16.3 Å². The Bertz CT molecular complexity index is 482. The maximum atomic E-state index is 12.0. The highest BCUT2D eigenvalue weighted by Gasteiger charge is 2.32. The third kappa shape index (κ3) is 4.34. The molecule has 0 bridgehead atoms. The van der Waals surface area contributed by atoms with E-state index in [-0.39, 0.29) is 11.3 Å². The summed E-state index contributed by atoms with van der Waals surface area (Å²) in [5.41, 5.74) is 0.0368. The second kappa shape index (κ2) is 5.95. The number of hydrogen-bond acceptors (Lipinski definition) is 4. The molecule has 0 aromatic carbocycles. The number of likely N-dealkylation sites (tertiary alicyclic amines) is 1. The van der Waals surface area contributed by atoms with Crippen LogP contribution in [0.5, 0.6) is 5.88 Å². The van der Waals surface area contributed by atoms with Crippen LogP contribution in [0.4, 0.5) is 0 Å². The van der Waals surface area contributed by atoms with Crippen molar-refractivity contribution in [2.24, 2.45) is 11.3 Å². The van der Waals surface area contributed by atoms with E-state index in [1.807, 2.05) is 4.90 Å². The van der Waals surface area contributed by atoms with Crippen molar-refractivity contribution >= 4 is 17.5 Å². The van der Waals surface area contributed by atoms with Crippen LogP contribution < -0.4 is 4.74 Å². The normalized spacial score (nSPS) is 15.9. The molecule has 0 spiro atoms. The summed E-state index contributed by atoms with van der Waals surface area (Å²) < 4.78 is 5.52. The number of carbonyl (C=O) groups excluding carboxylic acids is 1. The monoisotopic (exact) mass is 297 g/mol. The first-order valence-corrected chi connectivity index (χ1v) is 7.09. The van der Waals surface area contributed by atoms with Crippen LogP contribution in [-0.4, -0.2) is 40.5 Å². The molecular formula is C14H20ClN3O2.